The molecule has 25 heavy (non-hydrogen) atoms. The van der Waals surface area contributed by atoms with E-state index in [1.54, 1.807) is 6.07 Å². The van der Waals surface area contributed by atoms with Gasteiger partial charge in [-0.1, -0.05) is 40.0 Å². The number of fused-ring (bicyclic) bond motifs is 1. The molecule has 2 rings (SSSR count). The van der Waals surface area contributed by atoms with Gasteiger partial charge in [-0.3, -0.25) is 4.98 Å². The fourth-order valence-corrected chi connectivity index (χ4v) is 3.22. The number of hydrogen-bond acceptors (Lipinski definition) is 3. The highest BCUT2D eigenvalue weighted by Gasteiger charge is 2.15. The minimum Gasteiger partial charge on any atom is -0.508 e. The Morgan fingerprint density at radius 1 is 1.08 bits per heavy atom. The number of unbranched alkanes of at least 4 members (excludes halogenated alkanes) is 3. The number of pyridine rings is 1. The molecule has 1 aromatic heterocycles. The Bertz CT molecular complexity index is 660. The lowest BCUT2D eigenvalue weighted by Gasteiger charge is -2.17. The van der Waals surface area contributed by atoms with Gasteiger partial charge in [-0.2, -0.15) is 0 Å². The number of aromatic nitrogens is 1. The Balaban J connectivity index is 0.00000288. The van der Waals surface area contributed by atoms with E-state index in [4.69, 9.17) is 10.7 Å². The predicted octanol–water partition coefficient (Wildman–Crippen LogP) is 5.56. The molecule has 3 nitrogen and oxygen atoms in total. The Labute approximate surface area is 164 Å². The van der Waals surface area contributed by atoms with E-state index in [0.717, 1.165) is 35.9 Å². The topological polar surface area (TPSA) is 59.1 Å². The second kappa shape index (κ2) is 11.6. The van der Waals surface area contributed by atoms with Crippen LogP contribution in [-0.4, -0.2) is 10.1 Å². The molecule has 0 saturated carbocycles. The van der Waals surface area contributed by atoms with Crippen molar-refractivity contribution >= 4 is 35.7 Å². The van der Waals surface area contributed by atoms with Crippen LogP contribution in [0.1, 0.15) is 63.3 Å². The monoisotopic (exact) mass is 386 g/mol. The quantitative estimate of drug-likeness (QED) is 0.583. The van der Waals surface area contributed by atoms with E-state index >= 15 is 0 Å². The number of benzene rings is 1. The number of rotatable bonds is 8. The van der Waals surface area contributed by atoms with E-state index < -0.39 is 0 Å². The van der Waals surface area contributed by atoms with Gasteiger partial charge in [-0.05, 0) is 54.5 Å². The summed E-state index contributed by atoms with van der Waals surface area (Å²) in [7, 11) is 0. The lowest BCUT2D eigenvalue weighted by atomic mass is 9.92. The van der Waals surface area contributed by atoms with Crippen LogP contribution in [0.15, 0.2) is 18.2 Å². The number of nitrogens with zero attached hydrogens (tertiary/aromatic N) is 1. The van der Waals surface area contributed by atoms with Crippen molar-refractivity contribution in [2.75, 3.05) is 0 Å². The second-order valence-electron chi connectivity index (χ2n) is 6.83. The first kappa shape index (κ1) is 24.0. The summed E-state index contributed by atoms with van der Waals surface area (Å²) in [6, 6.07) is 5.48. The van der Waals surface area contributed by atoms with Gasteiger partial charge in [0, 0.05) is 17.6 Å². The first-order valence-corrected chi connectivity index (χ1v) is 8.90. The zero-order chi connectivity index (χ0) is 16.8. The highest BCUT2D eigenvalue weighted by molar-refractivity contribution is 5.86. The van der Waals surface area contributed by atoms with Crippen molar-refractivity contribution in [2.45, 2.75) is 65.8 Å². The lowest BCUT2D eigenvalue weighted by Crippen LogP contribution is -2.11. The molecule has 0 saturated heterocycles. The van der Waals surface area contributed by atoms with Crippen molar-refractivity contribution in [2.24, 2.45) is 11.7 Å². The van der Waals surface area contributed by atoms with Crippen molar-refractivity contribution in [1.82, 2.24) is 4.98 Å². The van der Waals surface area contributed by atoms with Crippen LogP contribution >= 0.6 is 24.8 Å². The van der Waals surface area contributed by atoms with Crippen molar-refractivity contribution in [3.63, 3.8) is 0 Å². The molecule has 1 aromatic carbocycles. The highest BCUT2D eigenvalue weighted by Crippen LogP contribution is 2.29. The van der Waals surface area contributed by atoms with Crippen LogP contribution in [0.3, 0.4) is 0 Å². The van der Waals surface area contributed by atoms with Crippen LogP contribution in [-0.2, 0) is 19.4 Å². The minimum atomic E-state index is 0. The number of phenols is 1. The molecule has 142 valence electrons. The van der Waals surface area contributed by atoms with Crippen LogP contribution in [0, 0.1) is 5.92 Å². The zero-order valence-corrected chi connectivity index (χ0v) is 17.2. The molecule has 0 fully saturated rings. The van der Waals surface area contributed by atoms with Crippen molar-refractivity contribution in [3.8, 4) is 5.75 Å². The van der Waals surface area contributed by atoms with Gasteiger partial charge in [0.1, 0.15) is 5.75 Å². The average Bonchev–Trinajstić information content (AvgIpc) is 2.51. The number of aryl methyl sites for hydroxylation is 1. The normalized spacial score (nSPS) is 10.6. The van der Waals surface area contributed by atoms with Gasteiger partial charge in [0.15, 0.2) is 0 Å². The first-order valence-electron chi connectivity index (χ1n) is 8.90. The Morgan fingerprint density at radius 2 is 1.80 bits per heavy atom. The molecule has 0 aliphatic heterocycles. The molecule has 0 unspecified atom stereocenters. The number of halogens is 2. The third kappa shape index (κ3) is 6.32. The number of nitrogens with two attached hydrogens (primary N) is 1. The lowest BCUT2D eigenvalue weighted by molar-refractivity contribution is 0.476. The minimum absolute atomic E-state index is 0. The van der Waals surface area contributed by atoms with E-state index in [1.807, 2.05) is 12.1 Å². The third-order valence-corrected chi connectivity index (χ3v) is 4.36. The summed E-state index contributed by atoms with van der Waals surface area (Å²) in [6.07, 6.45) is 6.87. The predicted molar refractivity (Wildman–Crippen MR) is 112 cm³/mol. The standard InChI is InChI=1S/C20H30N2O.2ClH/c1-4-5-6-7-8-16-17-12-15(23)9-10-19(17)22-20(11-14(2)3)18(16)13-21;;/h9-10,12,14,23H,4-8,11,13,21H2,1-3H3;2*1H. The molecule has 0 bridgehead atoms. The summed E-state index contributed by atoms with van der Waals surface area (Å²) >= 11 is 0. The molecule has 0 radical (unpaired) electrons. The molecular formula is C20H32Cl2N2O. The van der Waals surface area contributed by atoms with Gasteiger partial charge >= 0.3 is 0 Å². The van der Waals surface area contributed by atoms with Gasteiger partial charge in [0.2, 0.25) is 0 Å². The van der Waals surface area contributed by atoms with E-state index in [9.17, 15) is 5.11 Å². The van der Waals surface area contributed by atoms with E-state index in [2.05, 4.69) is 20.8 Å². The van der Waals surface area contributed by atoms with Gasteiger partial charge in [-0.25, -0.2) is 0 Å². The molecule has 0 amide bonds. The molecular weight excluding hydrogens is 355 g/mol. The third-order valence-electron chi connectivity index (χ3n) is 4.36. The molecule has 0 aliphatic rings. The van der Waals surface area contributed by atoms with Crippen LogP contribution in [0.4, 0.5) is 0 Å². The average molecular weight is 387 g/mol. The molecule has 2 aromatic rings. The van der Waals surface area contributed by atoms with Gasteiger partial charge < -0.3 is 10.8 Å². The Morgan fingerprint density at radius 3 is 2.40 bits per heavy atom. The van der Waals surface area contributed by atoms with Crippen LogP contribution < -0.4 is 5.73 Å². The van der Waals surface area contributed by atoms with Gasteiger partial charge in [0.05, 0.1) is 5.52 Å². The van der Waals surface area contributed by atoms with Crippen LogP contribution in [0.5, 0.6) is 5.75 Å². The highest BCUT2D eigenvalue weighted by atomic mass is 35.5. The van der Waals surface area contributed by atoms with Gasteiger partial charge in [-0.15, -0.1) is 24.8 Å². The maximum Gasteiger partial charge on any atom is 0.116 e. The number of aromatic hydroxyl groups is 1. The smallest absolute Gasteiger partial charge is 0.116 e. The molecule has 5 heteroatoms. The Kier molecular flexibility index (Phi) is 11.1. The van der Waals surface area contributed by atoms with Crippen molar-refractivity contribution < 1.29 is 5.11 Å². The molecule has 1 heterocycles. The maximum absolute atomic E-state index is 9.88. The summed E-state index contributed by atoms with van der Waals surface area (Å²) in [6.45, 7) is 7.17. The van der Waals surface area contributed by atoms with E-state index in [0.29, 0.717) is 18.2 Å². The summed E-state index contributed by atoms with van der Waals surface area (Å²) in [5.74, 6) is 0.851. The fraction of sp³-hybridized carbons (Fsp3) is 0.550. The fourth-order valence-electron chi connectivity index (χ4n) is 3.22. The summed E-state index contributed by atoms with van der Waals surface area (Å²) in [5, 5.41) is 10.9. The zero-order valence-electron chi connectivity index (χ0n) is 15.5. The summed E-state index contributed by atoms with van der Waals surface area (Å²) in [5.41, 5.74) is 10.7. The van der Waals surface area contributed by atoms with E-state index in [1.165, 1.54) is 30.4 Å². The number of hydrogen-bond donors (Lipinski definition) is 2. The van der Waals surface area contributed by atoms with Gasteiger partial charge in [0.25, 0.3) is 0 Å². The van der Waals surface area contributed by atoms with Crippen LogP contribution in [0.2, 0.25) is 0 Å². The summed E-state index contributed by atoms with van der Waals surface area (Å²) in [4.78, 5) is 4.84. The van der Waals surface area contributed by atoms with Crippen LogP contribution in [0.25, 0.3) is 10.9 Å². The largest absolute Gasteiger partial charge is 0.508 e. The molecule has 0 atom stereocenters. The molecule has 0 aliphatic carbocycles. The SMILES string of the molecule is CCCCCCc1c(CN)c(CC(C)C)nc2ccc(O)cc12.Cl.Cl. The van der Waals surface area contributed by atoms with Crippen molar-refractivity contribution in [3.05, 3.63) is 35.0 Å². The summed E-state index contributed by atoms with van der Waals surface area (Å²) < 4.78 is 0. The molecule has 0 spiro atoms. The molecule has 3 N–H and O–H groups in total. The maximum atomic E-state index is 9.88. The van der Waals surface area contributed by atoms with E-state index in [-0.39, 0.29) is 24.8 Å². The number of phenolic OH excluding ortho intramolecular Hbond substituents is 1. The van der Waals surface area contributed by atoms with Crippen molar-refractivity contribution in [1.29, 1.82) is 0 Å². The first-order chi connectivity index (χ1) is 11.1. The Hall–Kier alpha value is -1.03. The second-order valence-corrected chi connectivity index (χ2v) is 6.83.